The topological polar surface area (TPSA) is 55.8 Å². The largest absolute Gasteiger partial charge is 0.497 e. The number of benzene rings is 1. The number of methoxy groups -OCH3 is 2. The first kappa shape index (κ1) is 13.3. The smallest absolute Gasteiger partial charge is 0.306 e. The lowest BCUT2D eigenvalue weighted by Gasteiger charge is -2.13. The van der Waals surface area contributed by atoms with Gasteiger partial charge in [-0.3, -0.25) is 4.79 Å². The Morgan fingerprint density at radius 2 is 2.06 bits per heavy atom. The van der Waals surface area contributed by atoms with Crippen molar-refractivity contribution in [3.05, 3.63) is 23.5 Å². The third-order valence-corrected chi connectivity index (χ3v) is 2.52. The van der Waals surface area contributed by atoms with E-state index in [1.54, 1.807) is 0 Å². The molecule has 1 atom stereocenters. The van der Waals surface area contributed by atoms with Crippen molar-refractivity contribution in [1.82, 2.24) is 0 Å². The number of hydrogen-bond donors (Lipinski definition) is 1. The third-order valence-electron chi connectivity index (χ3n) is 2.52. The number of carboxylic acids is 1. The predicted octanol–water partition coefficient (Wildman–Crippen LogP) is 2.11. The van der Waals surface area contributed by atoms with E-state index in [4.69, 9.17) is 14.6 Å². The summed E-state index contributed by atoms with van der Waals surface area (Å²) in [6.45, 7) is 1.52. The highest BCUT2D eigenvalue weighted by Gasteiger charge is 2.19. The Kier molecular flexibility index (Phi) is 4.31. The Hall–Kier alpha value is -1.78. The summed E-state index contributed by atoms with van der Waals surface area (Å²) in [6, 6.07) is 2.75. The summed E-state index contributed by atoms with van der Waals surface area (Å²) in [6.07, 6.45) is 0.0777. The molecule has 1 unspecified atom stereocenters. The molecular weight excluding hydrogens is 227 g/mol. The number of carboxylic acid groups (broad SMARTS) is 1. The molecule has 0 bridgehead atoms. The zero-order valence-electron chi connectivity index (χ0n) is 9.99. The van der Waals surface area contributed by atoms with Crippen molar-refractivity contribution in [3.63, 3.8) is 0 Å². The zero-order chi connectivity index (χ0) is 13.0. The SMILES string of the molecule is COc1cc(F)c(CC(C)C(=O)O)c(OC)c1. The van der Waals surface area contributed by atoms with Crippen LogP contribution in [0.3, 0.4) is 0 Å². The van der Waals surface area contributed by atoms with Crippen LogP contribution in [0.4, 0.5) is 4.39 Å². The van der Waals surface area contributed by atoms with E-state index in [9.17, 15) is 9.18 Å². The molecule has 0 fully saturated rings. The van der Waals surface area contributed by atoms with Crippen LogP contribution in [-0.2, 0) is 11.2 Å². The molecule has 94 valence electrons. The Balaban J connectivity index is 3.09. The first-order valence-electron chi connectivity index (χ1n) is 5.12. The zero-order valence-corrected chi connectivity index (χ0v) is 9.99. The molecule has 4 nitrogen and oxygen atoms in total. The molecule has 1 aromatic carbocycles. The normalized spacial score (nSPS) is 12.0. The summed E-state index contributed by atoms with van der Waals surface area (Å²) in [5, 5.41) is 8.81. The Labute approximate surface area is 99.0 Å². The summed E-state index contributed by atoms with van der Waals surface area (Å²) in [5.74, 6) is -1.52. The van der Waals surface area contributed by atoms with Crippen molar-refractivity contribution >= 4 is 5.97 Å². The van der Waals surface area contributed by atoms with E-state index in [-0.39, 0.29) is 12.0 Å². The quantitative estimate of drug-likeness (QED) is 0.859. The molecule has 0 aliphatic carbocycles. The molecule has 0 saturated carbocycles. The van der Waals surface area contributed by atoms with Gasteiger partial charge in [0.1, 0.15) is 17.3 Å². The number of carbonyl (C=O) groups is 1. The van der Waals surface area contributed by atoms with E-state index >= 15 is 0 Å². The maximum Gasteiger partial charge on any atom is 0.306 e. The summed E-state index contributed by atoms with van der Waals surface area (Å²) in [5.41, 5.74) is 0.253. The first-order chi connectivity index (χ1) is 7.99. The molecule has 1 aromatic rings. The maximum atomic E-state index is 13.8. The molecule has 0 aromatic heterocycles. The van der Waals surface area contributed by atoms with E-state index in [1.807, 2.05) is 0 Å². The minimum absolute atomic E-state index is 0.0777. The number of hydrogen-bond acceptors (Lipinski definition) is 3. The second kappa shape index (κ2) is 5.52. The second-order valence-electron chi connectivity index (χ2n) is 3.73. The number of aliphatic carboxylic acids is 1. The standard InChI is InChI=1S/C12H15FO4/c1-7(12(14)15)4-9-10(13)5-8(16-2)6-11(9)17-3/h5-7H,4H2,1-3H3,(H,14,15). The number of ether oxygens (including phenoxy) is 2. The van der Waals surface area contributed by atoms with Crippen molar-refractivity contribution < 1.29 is 23.8 Å². The van der Waals surface area contributed by atoms with Gasteiger partial charge in [-0.15, -0.1) is 0 Å². The van der Waals surface area contributed by atoms with Gasteiger partial charge < -0.3 is 14.6 Å². The lowest BCUT2D eigenvalue weighted by molar-refractivity contribution is -0.141. The van der Waals surface area contributed by atoms with Crippen LogP contribution in [0.25, 0.3) is 0 Å². The molecule has 17 heavy (non-hydrogen) atoms. The first-order valence-corrected chi connectivity index (χ1v) is 5.12. The van der Waals surface area contributed by atoms with Crippen LogP contribution >= 0.6 is 0 Å². The molecule has 0 radical (unpaired) electrons. The van der Waals surface area contributed by atoms with Gasteiger partial charge in [-0.2, -0.15) is 0 Å². The van der Waals surface area contributed by atoms with Crippen LogP contribution in [0.2, 0.25) is 0 Å². The minimum atomic E-state index is -0.970. The van der Waals surface area contributed by atoms with Gasteiger partial charge in [0.2, 0.25) is 0 Å². The molecule has 0 amide bonds. The summed E-state index contributed by atoms with van der Waals surface area (Å²) in [4.78, 5) is 10.7. The van der Waals surface area contributed by atoms with E-state index < -0.39 is 17.7 Å². The molecule has 0 heterocycles. The van der Waals surface area contributed by atoms with Gasteiger partial charge in [0.15, 0.2) is 0 Å². The van der Waals surface area contributed by atoms with Crippen molar-refractivity contribution in [1.29, 1.82) is 0 Å². The molecule has 0 saturated heterocycles. The highest BCUT2D eigenvalue weighted by Crippen LogP contribution is 2.29. The Morgan fingerprint density at radius 1 is 1.41 bits per heavy atom. The fraction of sp³-hybridized carbons (Fsp3) is 0.417. The molecule has 1 N–H and O–H groups in total. The van der Waals surface area contributed by atoms with Gasteiger partial charge in [-0.25, -0.2) is 4.39 Å². The van der Waals surface area contributed by atoms with E-state index in [2.05, 4.69) is 0 Å². The van der Waals surface area contributed by atoms with E-state index in [0.29, 0.717) is 11.5 Å². The van der Waals surface area contributed by atoms with Gasteiger partial charge in [0, 0.05) is 17.7 Å². The number of halogens is 1. The fourth-order valence-corrected chi connectivity index (χ4v) is 1.48. The van der Waals surface area contributed by atoms with Crippen LogP contribution in [0.15, 0.2) is 12.1 Å². The van der Waals surface area contributed by atoms with Gasteiger partial charge in [0.05, 0.1) is 20.1 Å². The summed E-state index contributed by atoms with van der Waals surface area (Å²) >= 11 is 0. The van der Waals surface area contributed by atoms with Gasteiger partial charge in [0.25, 0.3) is 0 Å². The number of rotatable bonds is 5. The highest BCUT2D eigenvalue weighted by atomic mass is 19.1. The molecule has 0 aliphatic heterocycles. The van der Waals surface area contributed by atoms with Crippen LogP contribution in [0.5, 0.6) is 11.5 Å². The molecular formula is C12H15FO4. The Bertz CT molecular complexity index is 417. The Morgan fingerprint density at radius 3 is 2.53 bits per heavy atom. The predicted molar refractivity (Wildman–Crippen MR) is 60.0 cm³/mol. The van der Waals surface area contributed by atoms with Gasteiger partial charge in [-0.1, -0.05) is 6.92 Å². The third kappa shape index (κ3) is 3.09. The van der Waals surface area contributed by atoms with E-state index in [1.165, 1.54) is 33.3 Å². The van der Waals surface area contributed by atoms with Crippen molar-refractivity contribution in [2.24, 2.45) is 5.92 Å². The molecule has 0 aliphatic rings. The van der Waals surface area contributed by atoms with Crippen molar-refractivity contribution in [2.45, 2.75) is 13.3 Å². The average molecular weight is 242 g/mol. The van der Waals surface area contributed by atoms with Crippen molar-refractivity contribution in [3.8, 4) is 11.5 Å². The van der Waals surface area contributed by atoms with Crippen LogP contribution in [-0.4, -0.2) is 25.3 Å². The van der Waals surface area contributed by atoms with Crippen LogP contribution in [0.1, 0.15) is 12.5 Å². The molecule has 5 heteroatoms. The van der Waals surface area contributed by atoms with Gasteiger partial charge in [-0.05, 0) is 6.42 Å². The fourth-order valence-electron chi connectivity index (χ4n) is 1.48. The summed E-state index contributed by atoms with van der Waals surface area (Å²) in [7, 11) is 2.83. The van der Waals surface area contributed by atoms with Crippen LogP contribution in [0, 0.1) is 11.7 Å². The van der Waals surface area contributed by atoms with Gasteiger partial charge >= 0.3 is 5.97 Å². The highest BCUT2D eigenvalue weighted by molar-refractivity contribution is 5.70. The lowest BCUT2D eigenvalue weighted by Crippen LogP contribution is -2.14. The average Bonchev–Trinajstić information content (AvgIpc) is 2.30. The molecule has 1 rings (SSSR count). The van der Waals surface area contributed by atoms with E-state index in [0.717, 1.165) is 0 Å². The summed E-state index contributed by atoms with van der Waals surface area (Å²) < 4.78 is 23.7. The second-order valence-corrected chi connectivity index (χ2v) is 3.73. The maximum absolute atomic E-state index is 13.8. The molecule has 0 spiro atoms. The van der Waals surface area contributed by atoms with Crippen molar-refractivity contribution in [2.75, 3.05) is 14.2 Å². The minimum Gasteiger partial charge on any atom is -0.497 e. The van der Waals surface area contributed by atoms with Crippen LogP contribution < -0.4 is 9.47 Å². The lowest BCUT2D eigenvalue weighted by atomic mass is 10.00. The monoisotopic (exact) mass is 242 g/mol.